The lowest BCUT2D eigenvalue weighted by Gasteiger charge is -2.38. The van der Waals surface area contributed by atoms with Crippen molar-refractivity contribution in [2.24, 2.45) is 5.41 Å². The van der Waals surface area contributed by atoms with Crippen molar-refractivity contribution in [1.29, 1.82) is 0 Å². The van der Waals surface area contributed by atoms with Crippen LogP contribution < -0.4 is 4.90 Å². The van der Waals surface area contributed by atoms with Crippen LogP contribution in [0.1, 0.15) is 29.8 Å². The molecule has 124 valence electrons. The molecule has 2 aliphatic rings. The Morgan fingerprint density at radius 2 is 2.04 bits per heavy atom. The molecule has 2 aromatic heterocycles. The van der Waals surface area contributed by atoms with Gasteiger partial charge in [-0.3, -0.25) is 9.59 Å². The van der Waals surface area contributed by atoms with Gasteiger partial charge in [-0.25, -0.2) is 9.97 Å². The number of piperidine rings is 1. The molecule has 7 nitrogen and oxygen atoms in total. The maximum atomic E-state index is 13.0. The summed E-state index contributed by atoms with van der Waals surface area (Å²) in [6, 6.07) is 3.36. The molecule has 0 aromatic carbocycles. The molecule has 7 heteroatoms. The molecule has 4 heterocycles. The third-order valence-corrected chi connectivity index (χ3v) is 4.97. The summed E-state index contributed by atoms with van der Waals surface area (Å²) in [7, 11) is 0. The molecule has 0 saturated carbocycles. The monoisotopic (exact) mass is 326 g/mol. The highest BCUT2D eigenvalue weighted by Gasteiger charge is 2.50. The molecule has 24 heavy (non-hydrogen) atoms. The number of carbonyl (C=O) groups excluding carboxylic acids is 2. The Balaban J connectivity index is 1.55. The van der Waals surface area contributed by atoms with Crippen molar-refractivity contribution >= 4 is 17.5 Å². The summed E-state index contributed by atoms with van der Waals surface area (Å²) in [5, 5.41) is 0. The average molecular weight is 326 g/mol. The molecule has 0 radical (unpaired) electrons. The highest BCUT2D eigenvalue weighted by atomic mass is 16.3. The van der Waals surface area contributed by atoms with Crippen LogP contribution >= 0.6 is 0 Å². The van der Waals surface area contributed by atoms with E-state index in [1.807, 2.05) is 0 Å². The molecule has 0 aliphatic carbocycles. The van der Waals surface area contributed by atoms with Gasteiger partial charge >= 0.3 is 0 Å². The first kappa shape index (κ1) is 14.9. The zero-order valence-corrected chi connectivity index (χ0v) is 13.2. The van der Waals surface area contributed by atoms with E-state index in [2.05, 4.69) is 9.97 Å². The fraction of sp³-hybridized carbons (Fsp3) is 0.412. The second-order valence-electron chi connectivity index (χ2n) is 6.39. The van der Waals surface area contributed by atoms with E-state index in [1.165, 1.54) is 12.6 Å². The molecule has 0 N–H and O–H groups in total. The van der Waals surface area contributed by atoms with Crippen molar-refractivity contribution in [2.45, 2.75) is 19.3 Å². The van der Waals surface area contributed by atoms with Crippen LogP contribution in [0.3, 0.4) is 0 Å². The lowest BCUT2D eigenvalue weighted by atomic mass is 9.78. The number of hydrogen-bond donors (Lipinski definition) is 0. The normalized spacial score (nSPS) is 23.9. The number of amides is 2. The smallest absolute Gasteiger partial charge is 0.289 e. The van der Waals surface area contributed by atoms with Gasteiger partial charge < -0.3 is 14.2 Å². The standard InChI is InChI=1S/C17H18N4O3/c22-15(14-3-1-8-24-14)20-6-2-4-17(11-20)5-7-21(16(17)23)13-9-18-12-19-10-13/h1,3,8-10,12H,2,4-7,11H2. The molecular weight excluding hydrogens is 308 g/mol. The zero-order chi connectivity index (χ0) is 16.6. The van der Waals surface area contributed by atoms with Gasteiger partial charge in [-0.15, -0.1) is 0 Å². The summed E-state index contributed by atoms with van der Waals surface area (Å²) in [6.07, 6.45) is 8.60. The summed E-state index contributed by atoms with van der Waals surface area (Å²) in [5.41, 5.74) is 0.213. The van der Waals surface area contributed by atoms with Gasteiger partial charge in [-0.1, -0.05) is 0 Å². The second kappa shape index (κ2) is 5.74. The van der Waals surface area contributed by atoms with E-state index < -0.39 is 5.41 Å². The number of hydrogen-bond acceptors (Lipinski definition) is 5. The maximum Gasteiger partial charge on any atom is 0.289 e. The first-order chi connectivity index (χ1) is 11.7. The molecule has 0 bridgehead atoms. The van der Waals surface area contributed by atoms with Gasteiger partial charge in [0.15, 0.2) is 5.76 Å². The fourth-order valence-electron chi connectivity index (χ4n) is 3.74. The summed E-state index contributed by atoms with van der Waals surface area (Å²) in [4.78, 5) is 37.1. The molecule has 2 aliphatic heterocycles. The molecule has 2 saturated heterocycles. The largest absolute Gasteiger partial charge is 0.459 e. The van der Waals surface area contributed by atoms with Crippen LogP contribution in [0.5, 0.6) is 0 Å². The minimum Gasteiger partial charge on any atom is -0.459 e. The van der Waals surface area contributed by atoms with Crippen LogP contribution in [0, 0.1) is 5.41 Å². The minimum absolute atomic E-state index is 0.0641. The number of nitrogens with zero attached hydrogens (tertiary/aromatic N) is 4. The molecule has 2 aromatic rings. The average Bonchev–Trinajstić information content (AvgIpc) is 3.26. The Morgan fingerprint density at radius 1 is 1.21 bits per heavy atom. The topological polar surface area (TPSA) is 79.5 Å². The van der Waals surface area contributed by atoms with Crippen molar-refractivity contribution in [3.8, 4) is 0 Å². The van der Waals surface area contributed by atoms with Gasteiger partial charge in [0, 0.05) is 19.6 Å². The van der Waals surface area contributed by atoms with Gasteiger partial charge in [-0.2, -0.15) is 0 Å². The van der Waals surface area contributed by atoms with Crippen molar-refractivity contribution in [2.75, 3.05) is 24.5 Å². The van der Waals surface area contributed by atoms with Crippen LogP contribution in [0.4, 0.5) is 5.69 Å². The number of likely N-dealkylation sites (tertiary alicyclic amines) is 1. The molecule has 1 spiro atoms. The molecular formula is C17H18N4O3. The number of furan rings is 1. The quantitative estimate of drug-likeness (QED) is 0.839. The number of anilines is 1. The van der Waals surface area contributed by atoms with Gasteiger partial charge in [-0.05, 0) is 31.4 Å². The lowest BCUT2D eigenvalue weighted by Crippen LogP contribution is -2.49. The predicted octanol–water partition coefficient (Wildman–Crippen LogP) is 1.73. The summed E-state index contributed by atoms with van der Waals surface area (Å²) >= 11 is 0. The van der Waals surface area contributed by atoms with E-state index in [1.54, 1.807) is 34.3 Å². The Kier molecular flexibility index (Phi) is 3.55. The maximum absolute atomic E-state index is 13.0. The Hall–Kier alpha value is -2.70. The van der Waals surface area contributed by atoms with Crippen molar-refractivity contribution in [3.63, 3.8) is 0 Å². The van der Waals surface area contributed by atoms with Gasteiger partial charge in [0.05, 0.1) is 29.8 Å². The van der Waals surface area contributed by atoms with Crippen molar-refractivity contribution < 1.29 is 14.0 Å². The van der Waals surface area contributed by atoms with Crippen LogP contribution in [0.2, 0.25) is 0 Å². The zero-order valence-electron chi connectivity index (χ0n) is 13.2. The Labute approximate surface area is 139 Å². The van der Waals surface area contributed by atoms with E-state index in [0.717, 1.165) is 19.3 Å². The molecule has 2 amide bonds. The summed E-state index contributed by atoms with van der Waals surface area (Å²) < 4.78 is 5.21. The van der Waals surface area contributed by atoms with Gasteiger partial charge in [0.2, 0.25) is 5.91 Å². The van der Waals surface area contributed by atoms with Gasteiger partial charge in [0.25, 0.3) is 5.91 Å². The highest BCUT2D eigenvalue weighted by molar-refractivity contribution is 6.00. The number of aromatic nitrogens is 2. The van der Waals surface area contributed by atoms with E-state index in [-0.39, 0.29) is 11.8 Å². The molecule has 1 unspecified atom stereocenters. The fourth-order valence-corrected chi connectivity index (χ4v) is 3.74. The first-order valence-corrected chi connectivity index (χ1v) is 8.09. The van der Waals surface area contributed by atoms with Crippen LogP contribution in [-0.2, 0) is 4.79 Å². The predicted molar refractivity (Wildman–Crippen MR) is 85.3 cm³/mol. The van der Waals surface area contributed by atoms with E-state index in [0.29, 0.717) is 31.1 Å². The third-order valence-electron chi connectivity index (χ3n) is 4.97. The summed E-state index contributed by atoms with van der Waals surface area (Å²) in [6.45, 7) is 1.73. The molecule has 4 rings (SSSR count). The van der Waals surface area contributed by atoms with Crippen molar-refractivity contribution in [3.05, 3.63) is 42.9 Å². The van der Waals surface area contributed by atoms with Crippen LogP contribution in [-0.4, -0.2) is 46.3 Å². The number of rotatable bonds is 2. The minimum atomic E-state index is -0.504. The summed E-state index contributed by atoms with van der Waals surface area (Å²) in [5.74, 6) is 0.244. The third kappa shape index (κ3) is 2.36. The second-order valence-corrected chi connectivity index (χ2v) is 6.39. The first-order valence-electron chi connectivity index (χ1n) is 8.09. The van der Waals surface area contributed by atoms with E-state index >= 15 is 0 Å². The highest BCUT2D eigenvalue weighted by Crippen LogP contribution is 2.41. The molecule has 2 fully saturated rings. The van der Waals surface area contributed by atoms with Crippen molar-refractivity contribution in [1.82, 2.24) is 14.9 Å². The Bertz CT molecular complexity index is 746. The van der Waals surface area contributed by atoms with E-state index in [9.17, 15) is 9.59 Å². The Morgan fingerprint density at radius 3 is 2.79 bits per heavy atom. The van der Waals surface area contributed by atoms with Gasteiger partial charge in [0.1, 0.15) is 6.33 Å². The molecule has 1 atom stereocenters. The number of carbonyl (C=O) groups is 2. The van der Waals surface area contributed by atoms with Crippen LogP contribution in [0.25, 0.3) is 0 Å². The van der Waals surface area contributed by atoms with Crippen LogP contribution in [0.15, 0.2) is 41.5 Å². The lowest BCUT2D eigenvalue weighted by molar-refractivity contribution is -0.127. The SMILES string of the molecule is O=C(c1ccco1)N1CCCC2(CCN(c3cncnc3)C2=O)C1. The van der Waals surface area contributed by atoms with E-state index in [4.69, 9.17) is 4.42 Å².